The molecule has 1 aromatic rings. The molecular weight excluding hydrogens is 237 g/mol. The zero-order chi connectivity index (χ0) is 13.1. The summed E-state index contributed by atoms with van der Waals surface area (Å²) < 4.78 is 18.7. The summed E-state index contributed by atoms with van der Waals surface area (Å²) >= 11 is 0. The van der Waals surface area contributed by atoms with Crippen LogP contribution in [0.15, 0.2) is 18.2 Å². The van der Waals surface area contributed by atoms with Crippen LogP contribution >= 0.6 is 0 Å². The van der Waals surface area contributed by atoms with Crippen LogP contribution in [0.4, 0.5) is 4.39 Å². The molecular formula is C13H16FNO3. The van der Waals surface area contributed by atoms with Crippen LogP contribution in [0, 0.1) is 5.82 Å². The number of likely N-dealkylation sites (tertiary alicyclic amines) is 1. The Bertz CT molecular complexity index is 450. The van der Waals surface area contributed by atoms with E-state index in [1.54, 1.807) is 17.0 Å². The van der Waals surface area contributed by atoms with E-state index in [4.69, 9.17) is 9.84 Å². The first-order valence-electron chi connectivity index (χ1n) is 5.91. The number of carboxylic acids is 1. The van der Waals surface area contributed by atoms with Crippen molar-refractivity contribution in [1.82, 2.24) is 4.90 Å². The third kappa shape index (κ3) is 2.61. The number of benzene rings is 1. The van der Waals surface area contributed by atoms with Gasteiger partial charge in [-0.2, -0.15) is 0 Å². The predicted molar refractivity (Wildman–Crippen MR) is 64.0 cm³/mol. The molecule has 1 aliphatic rings. The molecule has 0 spiro atoms. The van der Waals surface area contributed by atoms with Crippen molar-refractivity contribution >= 4 is 5.97 Å². The Hall–Kier alpha value is -1.62. The van der Waals surface area contributed by atoms with Crippen LogP contribution in [0.5, 0.6) is 5.75 Å². The van der Waals surface area contributed by atoms with Crippen LogP contribution in [0.2, 0.25) is 0 Å². The van der Waals surface area contributed by atoms with Crippen LogP contribution in [-0.4, -0.2) is 35.7 Å². The standard InChI is InChI=1S/C13H16FNO3/c1-18-10-5-4-9(11(14)7-10)8-15-6-2-3-12(15)13(16)17/h4-5,7,12H,2-3,6,8H2,1H3,(H,16,17). The number of rotatable bonds is 4. The maximum absolute atomic E-state index is 13.8. The summed E-state index contributed by atoms with van der Waals surface area (Å²) in [6, 6.07) is 4.16. The van der Waals surface area contributed by atoms with Crippen LogP contribution < -0.4 is 4.74 Å². The van der Waals surface area contributed by atoms with E-state index in [0.29, 0.717) is 30.8 Å². The summed E-state index contributed by atoms with van der Waals surface area (Å²) in [4.78, 5) is 12.8. The van der Waals surface area contributed by atoms with Gasteiger partial charge in [0.2, 0.25) is 0 Å². The van der Waals surface area contributed by atoms with Crippen LogP contribution in [0.1, 0.15) is 18.4 Å². The van der Waals surface area contributed by atoms with Gasteiger partial charge in [-0.1, -0.05) is 6.07 Å². The van der Waals surface area contributed by atoms with E-state index >= 15 is 0 Å². The fourth-order valence-corrected chi connectivity index (χ4v) is 2.30. The fraction of sp³-hybridized carbons (Fsp3) is 0.462. The third-order valence-corrected chi connectivity index (χ3v) is 3.28. The zero-order valence-corrected chi connectivity index (χ0v) is 10.2. The van der Waals surface area contributed by atoms with Gasteiger partial charge in [0, 0.05) is 18.2 Å². The molecule has 18 heavy (non-hydrogen) atoms. The van der Waals surface area contributed by atoms with Gasteiger partial charge >= 0.3 is 5.97 Å². The van der Waals surface area contributed by atoms with Crippen molar-refractivity contribution < 1.29 is 19.0 Å². The van der Waals surface area contributed by atoms with E-state index in [0.717, 1.165) is 6.42 Å². The number of hydrogen-bond acceptors (Lipinski definition) is 3. The quantitative estimate of drug-likeness (QED) is 0.890. The highest BCUT2D eigenvalue weighted by Gasteiger charge is 2.30. The lowest BCUT2D eigenvalue weighted by Crippen LogP contribution is -2.35. The van der Waals surface area contributed by atoms with E-state index in [1.807, 2.05) is 0 Å². The number of methoxy groups -OCH3 is 1. The molecule has 0 radical (unpaired) electrons. The van der Waals surface area contributed by atoms with Crippen molar-refractivity contribution in [2.24, 2.45) is 0 Å². The highest BCUT2D eigenvalue weighted by Crippen LogP contribution is 2.23. The topological polar surface area (TPSA) is 49.8 Å². The van der Waals surface area contributed by atoms with Gasteiger partial charge in [-0.05, 0) is 25.5 Å². The summed E-state index contributed by atoms with van der Waals surface area (Å²) in [5.74, 6) is -0.723. The second-order valence-electron chi connectivity index (χ2n) is 4.42. The number of aliphatic carboxylic acids is 1. The monoisotopic (exact) mass is 253 g/mol. The fourth-order valence-electron chi connectivity index (χ4n) is 2.30. The van der Waals surface area contributed by atoms with Crippen molar-refractivity contribution in [3.8, 4) is 5.75 Å². The molecule has 0 aliphatic carbocycles. The Morgan fingerprint density at radius 1 is 1.61 bits per heavy atom. The number of nitrogens with zero attached hydrogens (tertiary/aromatic N) is 1. The highest BCUT2D eigenvalue weighted by molar-refractivity contribution is 5.73. The van der Waals surface area contributed by atoms with Gasteiger partial charge in [0.1, 0.15) is 17.6 Å². The minimum atomic E-state index is -0.832. The van der Waals surface area contributed by atoms with Crippen molar-refractivity contribution in [2.75, 3.05) is 13.7 Å². The smallest absolute Gasteiger partial charge is 0.320 e. The number of carbonyl (C=O) groups is 1. The molecule has 98 valence electrons. The van der Waals surface area contributed by atoms with Gasteiger partial charge in [0.25, 0.3) is 0 Å². The average Bonchev–Trinajstić information content (AvgIpc) is 2.80. The number of hydrogen-bond donors (Lipinski definition) is 1. The Kier molecular flexibility index (Phi) is 3.81. The highest BCUT2D eigenvalue weighted by atomic mass is 19.1. The summed E-state index contributed by atoms with van der Waals surface area (Å²) in [7, 11) is 1.48. The first-order valence-corrected chi connectivity index (χ1v) is 5.91. The normalized spacial score (nSPS) is 20.0. The largest absolute Gasteiger partial charge is 0.497 e. The molecule has 4 nitrogen and oxygen atoms in total. The molecule has 1 saturated heterocycles. The van der Waals surface area contributed by atoms with Crippen molar-refractivity contribution in [3.05, 3.63) is 29.6 Å². The van der Waals surface area contributed by atoms with Crippen molar-refractivity contribution in [3.63, 3.8) is 0 Å². The Morgan fingerprint density at radius 3 is 3.00 bits per heavy atom. The first-order chi connectivity index (χ1) is 8.61. The molecule has 1 fully saturated rings. The Morgan fingerprint density at radius 2 is 2.39 bits per heavy atom. The summed E-state index contributed by atoms with van der Waals surface area (Å²) in [5.41, 5.74) is 0.504. The molecule has 0 bridgehead atoms. The van der Waals surface area contributed by atoms with E-state index in [2.05, 4.69) is 0 Å². The average molecular weight is 253 g/mol. The van der Waals surface area contributed by atoms with E-state index in [-0.39, 0.29) is 5.82 Å². The lowest BCUT2D eigenvalue weighted by atomic mass is 10.1. The summed E-state index contributed by atoms with van der Waals surface area (Å²) in [6.07, 6.45) is 1.47. The molecule has 0 aromatic heterocycles. The molecule has 1 aliphatic heterocycles. The number of ether oxygens (including phenoxy) is 1. The van der Waals surface area contributed by atoms with Gasteiger partial charge in [-0.15, -0.1) is 0 Å². The predicted octanol–water partition coefficient (Wildman–Crippen LogP) is 1.88. The van der Waals surface area contributed by atoms with Crippen LogP contribution in [-0.2, 0) is 11.3 Å². The first kappa shape index (κ1) is 12.8. The van der Waals surface area contributed by atoms with Crippen LogP contribution in [0.3, 0.4) is 0 Å². The van der Waals surface area contributed by atoms with Gasteiger partial charge in [-0.25, -0.2) is 4.39 Å². The molecule has 1 atom stereocenters. The number of carboxylic acid groups (broad SMARTS) is 1. The molecule has 0 saturated carbocycles. The van der Waals surface area contributed by atoms with Crippen molar-refractivity contribution in [1.29, 1.82) is 0 Å². The lowest BCUT2D eigenvalue weighted by Gasteiger charge is -2.21. The molecule has 1 aromatic carbocycles. The van der Waals surface area contributed by atoms with Gasteiger partial charge in [0.15, 0.2) is 0 Å². The molecule has 2 rings (SSSR count). The minimum Gasteiger partial charge on any atom is -0.497 e. The molecule has 1 unspecified atom stereocenters. The summed E-state index contributed by atoms with van der Waals surface area (Å²) in [6.45, 7) is 1.02. The molecule has 1 N–H and O–H groups in total. The molecule has 5 heteroatoms. The Labute approximate surface area is 105 Å². The maximum atomic E-state index is 13.8. The van der Waals surface area contributed by atoms with Gasteiger partial charge in [0.05, 0.1) is 7.11 Å². The minimum absolute atomic E-state index is 0.326. The zero-order valence-electron chi connectivity index (χ0n) is 10.2. The Balaban J connectivity index is 2.11. The van der Waals surface area contributed by atoms with Crippen LogP contribution in [0.25, 0.3) is 0 Å². The van der Waals surface area contributed by atoms with Crippen molar-refractivity contribution in [2.45, 2.75) is 25.4 Å². The van der Waals surface area contributed by atoms with E-state index < -0.39 is 12.0 Å². The molecule has 1 heterocycles. The van der Waals surface area contributed by atoms with E-state index in [1.165, 1.54) is 13.2 Å². The lowest BCUT2D eigenvalue weighted by molar-refractivity contribution is -0.142. The van der Waals surface area contributed by atoms with E-state index in [9.17, 15) is 9.18 Å². The molecule has 0 amide bonds. The van der Waals surface area contributed by atoms with Gasteiger partial charge in [-0.3, -0.25) is 9.69 Å². The second kappa shape index (κ2) is 5.35. The van der Waals surface area contributed by atoms with Gasteiger partial charge < -0.3 is 9.84 Å². The second-order valence-corrected chi connectivity index (χ2v) is 4.42. The summed E-state index contributed by atoms with van der Waals surface area (Å²) in [5, 5.41) is 9.06. The number of halogens is 1. The SMILES string of the molecule is COc1ccc(CN2CCCC2C(=O)O)c(F)c1. The maximum Gasteiger partial charge on any atom is 0.320 e. The third-order valence-electron chi connectivity index (χ3n) is 3.28.